The number of hydrogen-bond acceptors (Lipinski definition) is 4. The molecule has 1 aliphatic rings. The van der Waals surface area contributed by atoms with Crippen molar-refractivity contribution in [3.63, 3.8) is 0 Å². The van der Waals surface area contributed by atoms with Crippen LogP contribution in [0.25, 0.3) is 5.69 Å². The quantitative estimate of drug-likeness (QED) is 0.930. The van der Waals surface area contributed by atoms with E-state index in [0.717, 1.165) is 30.1 Å². The van der Waals surface area contributed by atoms with Gasteiger partial charge in [0.15, 0.2) is 5.82 Å². The Morgan fingerprint density at radius 3 is 2.38 bits per heavy atom. The maximum Gasteiger partial charge on any atom is 0.418 e. The summed E-state index contributed by atoms with van der Waals surface area (Å²) in [5.74, 6) is -1.20. The number of alkyl halides is 3. The number of aromatic carboxylic acids is 1. The number of carboxylic acid groups (broad SMARTS) is 1. The van der Waals surface area contributed by atoms with Gasteiger partial charge in [0.05, 0.1) is 11.3 Å². The van der Waals surface area contributed by atoms with Gasteiger partial charge in [0, 0.05) is 13.1 Å². The third-order valence-electron chi connectivity index (χ3n) is 3.88. The van der Waals surface area contributed by atoms with E-state index < -0.39 is 17.7 Å². The van der Waals surface area contributed by atoms with Crippen LogP contribution in [0.3, 0.4) is 0 Å². The summed E-state index contributed by atoms with van der Waals surface area (Å²) in [4.78, 5) is 13.9. The molecule has 128 valence electrons. The molecule has 0 bridgehead atoms. The summed E-state index contributed by atoms with van der Waals surface area (Å²) in [5.41, 5.74) is -1.55. The van der Waals surface area contributed by atoms with Gasteiger partial charge >= 0.3 is 12.1 Å². The molecule has 24 heavy (non-hydrogen) atoms. The van der Waals surface area contributed by atoms with Crippen LogP contribution in [0, 0.1) is 0 Å². The van der Waals surface area contributed by atoms with E-state index in [2.05, 4.69) is 10.2 Å². The van der Waals surface area contributed by atoms with Crippen molar-refractivity contribution in [1.29, 1.82) is 0 Å². The maximum atomic E-state index is 13.2. The predicted molar refractivity (Wildman–Crippen MR) is 79.4 cm³/mol. The molecule has 0 amide bonds. The van der Waals surface area contributed by atoms with E-state index in [4.69, 9.17) is 0 Å². The van der Waals surface area contributed by atoms with E-state index in [0.29, 0.717) is 13.1 Å². The topological polar surface area (TPSA) is 71.2 Å². The second kappa shape index (κ2) is 6.14. The molecular formula is C15H15F3N4O2. The monoisotopic (exact) mass is 340 g/mol. The number of aromatic nitrogens is 3. The first-order valence-electron chi connectivity index (χ1n) is 7.50. The van der Waals surface area contributed by atoms with Crippen LogP contribution in [-0.4, -0.2) is 39.2 Å². The van der Waals surface area contributed by atoms with Crippen molar-refractivity contribution in [1.82, 2.24) is 15.0 Å². The van der Waals surface area contributed by atoms with Gasteiger partial charge in [-0.15, -0.1) is 15.0 Å². The molecule has 0 saturated carbocycles. The summed E-state index contributed by atoms with van der Waals surface area (Å²) < 4.78 is 39.5. The van der Waals surface area contributed by atoms with Crippen molar-refractivity contribution in [3.05, 3.63) is 35.5 Å². The van der Waals surface area contributed by atoms with Crippen LogP contribution in [0.15, 0.2) is 24.3 Å². The summed E-state index contributed by atoms with van der Waals surface area (Å²) in [6, 6.07) is 4.82. The van der Waals surface area contributed by atoms with Gasteiger partial charge in [0.1, 0.15) is 0 Å². The highest BCUT2D eigenvalue weighted by Crippen LogP contribution is 2.33. The minimum absolute atomic E-state index is 0.110. The Bertz CT molecular complexity index is 751. The number of piperidine rings is 1. The van der Waals surface area contributed by atoms with Crippen molar-refractivity contribution < 1.29 is 23.1 Å². The normalized spacial score (nSPS) is 15.5. The number of nitrogens with zero attached hydrogens (tertiary/aromatic N) is 4. The molecule has 1 saturated heterocycles. The molecule has 0 atom stereocenters. The van der Waals surface area contributed by atoms with Gasteiger partial charge in [0.2, 0.25) is 5.69 Å². The molecule has 0 aliphatic carbocycles. The summed E-state index contributed by atoms with van der Waals surface area (Å²) in [6.45, 7) is 1.22. The highest BCUT2D eigenvalue weighted by molar-refractivity contribution is 5.91. The molecular weight excluding hydrogens is 325 g/mol. The fourth-order valence-electron chi connectivity index (χ4n) is 2.75. The third-order valence-corrected chi connectivity index (χ3v) is 3.88. The molecule has 1 N–H and O–H groups in total. The Morgan fingerprint density at radius 2 is 1.75 bits per heavy atom. The van der Waals surface area contributed by atoms with Gasteiger partial charge in [-0.3, -0.25) is 0 Å². The molecule has 9 heteroatoms. The Morgan fingerprint density at radius 1 is 1.08 bits per heavy atom. The average Bonchev–Trinajstić information content (AvgIpc) is 3.00. The van der Waals surface area contributed by atoms with Crippen molar-refractivity contribution >= 4 is 11.8 Å². The van der Waals surface area contributed by atoms with Crippen LogP contribution in [-0.2, 0) is 6.18 Å². The fourth-order valence-corrected chi connectivity index (χ4v) is 2.75. The van der Waals surface area contributed by atoms with Crippen LogP contribution in [0.4, 0.5) is 19.0 Å². The second-order valence-electron chi connectivity index (χ2n) is 5.53. The van der Waals surface area contributed by atoms with E-state index in [9.17, 15) is 23.1 Å². The van der Waals surface area contributed by atoms with Gasteiger partial charge in [-0.25, -0.2) is 4.79 Å². The summed E-state index contributed by atoms with van der Waals surface area (Å²) in [6.07, 6.45) is -1.79. The third kappa shape index (κ3) is 3.06. The molecule has 0 unspecified atom stereocenters. The van der Waals surface area contributed by atoms with Gasteiger partial charge in [-0.1, -0.05) is 12.1 Å². The number of benzene rings is 1. The highest BCUT2D eigenvalue weighted by atomic mass is 19.4. The van der Waals surface area contributed by atoms with Gasteiger partial charge in [0.25, 0.3) is 0 Å². The first kappa shape index (κ1) is 16.3. The SMILES string of the molecule is O=C(O)c1nn(-c2ccccc2C(F)(F)F)nc1N1CCCCC1. The Balaban J connectivity index is 2.09. The maximum absolute atomic E-state index is 13.2. The number of anilines is 1. The van der Waals surface area contributed by atoms with Crippen molar-refractivity contribution in [2.24, 2.45) is 0 Å². The summed E-state index contributed by atoms with van der Waals surface area (Å²) in [5, 5.41) is 17.2. The van der Waals surface area contributed by atoms with Crippen LogP contribution in [0.1, 0.15) is 35.3 Å². The molecule has 0 spiro atoms. The second-order valence-corrected chi connectivity index (χ2v) is 5.53. The molecule has 0 radical (unpaired) electrons. The number of carbonyl (C=O) groups is 1. The lowest BCUT2D eigenvalue weighted by molar-refractivity contribution is -0.137. The average molecular weight is 340 g/mol. The van der Waals surface area contributed by atoms with Gasteiger partial charge < -0.3 is 10.0 Å². The summed E-state index contributed by atoms with van der Waals surface area (Å²) in [7, 11) is 0. The van der Waals surface area contributed by atoms with Crippen LogP contribution < -0.4 is 4.90 Å². The van der Waals surface area contributed by atoms with Gasteiger partial charge in [-0.2, -0.15) is 13.2 Å². The minimum Gasteiger partial charge on any atom is -0.476 e. The molecule has 1 aromatic carbocycles. The largest absolute Gasteiger partial charge is 0.476 e. The number of para-hydroxylation sites is 1. The lowest BCUT2D eigenvalue weighted by atomic mass is 10.1. The molecule has 1 fully saturated rings. The van der Waals surface area contributed by atoms with E-state index in [1.54, 1.807) is 4.90 Å². The zero-order valence-corrected chi connectivity index (χ0v) is 12.6. The van der Waals surface area contributed by atoms with Crippen LogP contribution >= 0.6 is 0 Å². The molecule has 3 rings (SSSR count). The number of carboxylic acids is 1. The lowest BCUT2D eigenvalue weighted by Crippen LogP contribution is -2.31. The first-order chi connectivity index (χ1) is 11.4. The van der Waals surface area contributed by atoms with E-state index in [-0.39, 0.29) is 17.2 Å². The zero-order chi connectivity index (χ0) is 17.3. The Labute approximate surface area is 135 Å². The van der Waals surface area contributed by atoms with E-state index >= 15 is 0 Å². The minimum atomic E-state index is -4.58. The highest BCUT2D eigenvalue weighted by Gasteiger charge is 2.35. The Hall–Kier alpha value is -2.58. The van der Waals surface area contributed by atoms with Crippen LogP contribution in [0.2, 0.25) is 0 Å². The predicted octanol–water partition coefficient (Wildman–Crippen LogP) is 2.97. The standard InChI is InChI=1S/C15H15F3N4O2/c16-15(17,18)10-6-2-3-7-11(10)22-19-12(14(23)24)13(20-22)21-8-4-1-5-9-21/h2-3,6-7H,1,4-5,8-9H2,(H,23,24). The Kier molecular flexibility index (Phi) is 4.16. The number of hydrogen-bond donors (Lipinski definition) is 1. The molecule has 1 aliphatic heterocycles. The van der Waals surface area contributed by atoms with Crippen molar-refractivity contribution in [2.45, 2.75) is 25.4 Å². The molecule has 2 aromatic rings. The lowest BCUT2D eigenvalue weighted by Gasteiger charge is -2.26. The van der Waals surface area contributed by atoms with Crippen LogP contribution in [0.5, 0.6) is 0 Å². The van der Waals surface area contributed by atoms with Crippen molar-refractivity contribution in [3.8, 4) is 5.69 Å². The van der Waals surface area contributed by atoms with E-state index in [1.165, 1.54) is 18.2 Å². The smallest absolute Gasteiger partial charge is 0.418 e. The number of rotatable bonds is 3. The summed E-state index contributed by atoms with van der Waals surface area (Å²) >= 11 is 0. The van der Waals surface area contributed by atoms with E-state index in [1.807, 2.05) is 0 Å². The fraction of sp³-hybridized carbons (Fsp3) is 0.400. The molecule has 2 heterocycles. The molecule has 1 aromatic heterocycles. The van der Waals surface area contributed by atoms with Gasteiger partial charge in [-0.05, 0) is 31.4 Å². The van der Waals surface area contributed by atoms with Crippen molar-refractivity contribution in [2.75, 3.05) is 18.0 Å². The molecule has 6 nitrogen and oxygen atoms in total. The first-order valence-corrected chi connectivity index (χ1v) is 7.50. The number of halogens is 3. The zero-order valence-electron chi connectivity index (χ0n) is 12.6.